The van der Waals surface area contributed by atoms with Gasteiger partial charge in [0.2, 0.25) is 5.91 Å². The molecule has 4 nitrogen and oxygen atoms in total. The quantitative estimate of drug-likeness (QED) is 0.593. The third-order valence-electron chi connectivity index (χ3n) is 2.97. The second kappa shape index (κ2) is 3.68. The summed E-state index contributed by atoms with van der Waals surface area (Å²) in [5, 5.41) is 6.07. The van der Waals surface area contributed by atoms with Gasteiger partial charge in [-0.05, 0) is 6.42 Å². The Bertz CT molecular complexity index is 244. The zero-order valence-corrected chi connectivity index (χ0v) is 9.36. The molecule has 4 N–H and O–H groups in total. The second-order valence-corrected chi connectivity index (χ2v) is 4.82. The maximum atomic E-state index is 11.6. The molecule has 1 saturated heterocycles. The van der Waals surface area contributed by atoms with E-state index >= 15 is 0 Å². The van der Waals surface area contributed by atoms with Crippen LogP contribution >= 0.6 is 12.4 Å². The Kier molecular flexibility index (Phi) is 3.09. The Labute approximate surface area is 90.4 Å². The van der Waals surface area contributed by atoms with Crippen LogP contribution in [0.4, 0.5) is 0 Å². The first kappa shape index (κ1) is 11.8. The molecule has 1 aliphatic heterocycles. The van der Waals surface area contributed by atoms with Crippen LogP contribution in [0.5, 0.6) is 0 Å². The summed E-state index contributed by atoms with van der Waals surface area (Å²) in [7, 11) is 0. The van der Waals surface area contributed by atoms with Crippen molar-refractivity contribution < 1.29 is 4.79 Å². The van der Waals surface area contributed by atoms with Gasteiger partial charge in [0.1, 0.15) is 0 Å². The van der Waals surface area contributed by atoms with Crippen molar-refractivity contribution in [2.24, 2.45) is 11.1 Å². The highest BCUT2D eigenvalue weighted by atomic mass is 35.5. The molecule has 0 bridgehead atoms. The van der Waals surface area contributed by atoms with Crippen LogP contribution in [0.15, 0.2) is 0 Å². The molecule has 1 aliphatic carbocycles. The Morgan fingerprint density at radius 2 is 2.14 bits per heavy atom. The lowest BCUT2D eigenvalue weighted by molar-refractivity contribution is -0.129. The standard InChI is InChI=1S/C9H17N3O.ClH/c1-9(2)4-11-7(9)8(13)12-6-3-5(6)10;/h5-7,11H,3-4,10H2,1-2H3,(H,12,13);1H. The summed E-state index contributed by atoms with van der Waals surface area (Å²) < 4.78 is 0. The van der Waals surface area contributed by atoms with E-state index in [0.717, 1.165) is 13.0 Å². The third-order valence-corrected chi connectivity index (χ3v) is 2.97. The van der Waals surface area contributed by atoms with Crippen molar-refractivity contribution in [1.29, 1.82) is 0 Å². The van der Waals surface area contributed by atoms with E-state index in [-0.39, 0.29) is 41.9 Å². The number of carbonyl (C=O) groups is 1. The Morgan fingerprint density at radius 3 is 2.43 bits per heavy atom. The monoisotopic (exact) mass is 219 g/mol. The van der Waals surface area contributed by atoms with Crippen molar-refractivity contribution >= 4 is 18.3 Å². The smallest absolute Gasteiger partial charge is 0.238 e. The zero-order chi connectivity index (χ0) is 9.64. The molecule has 1 heterocycles. The summed E-state index contributed by atoms with van der Waals surface area (Å²) in [6, 6.07) is 0.387. The van der Waals surface area contributed by atoms with E-state index in [1.165, 1.54) is 0 Å². The minimum absolute atomic E-state index is 0. The van der Waals surface area contributed by atoms with Gasteiger partial charge >= 0.3 is 0 Å². The third kappa shape index (κ3) is 2.02. The first-order valence-electron chi connectivity index (χ1n) is 4.80. The fourth-order valence-corrected chi connectivity index (χ4v) is 1.71. The molecule has 0 spiro atoms. The van der Waals surface area contributed by atoms with Crippen molar-refractivity contribution in [2.75, 3.05) is 6.54 Å². The summed E-state index contributed by atoms with van der Waals surface area (Å²) in [5.74, 6) is 0.106. The van der Waals surface area contributed by atoms with Crippen molar-refractivity contribution in [3.63, 3.8) is 0 Å². The van der Waals surface area contributed by atoms with E-state index in [0.29, 0.717) is 0 Å². The van der Waals surface area contributed by atoms with Gasteiger partial charge in [-0.25, -0.2) is 0 Å². The molecule has 3 unspecified atom stereocenters. The molecule has 0 aromatic heterocycles. The van der Waals surface area contributed by atoms with E-state index in [1.54, 1.807) is 0 Å². The van der Waals surface area contributed by atoms with Crippen LogP contribution in [-0.4, -0.2) is 30.6 Å². The molecule has 1 saturated carbocycles. The van der Waals surface area contributed by atoms with Crippen molar-refractivity contribution in [2.45, 2.75) is 38.4 Å². The van der Waals surface area contributed by atoms with E-state index in [2.05, 4.69) is 24.5 Å². The molecule has 0 radical (unpaired) electrons. The molecule has 2 aliphatic rings. The van der Waals surface area contributed by atoms with Crippen LogP contribution in [0.2, 0.25) is 0 Å². The number of halogens is 1. The number of nitrogens with two attached hydrogens (primary N) is 1. The number of nitrogens with one attached hydrogen (secondary N) is 2. The number of rotatable bonds is 2. The van der Waals surface area contributed by atoms with Crippen LogP contribution in [0.3, 0.4) is 0 Å². The average Bonchev–Trinajstić information content (AvgIpc) is 2.64. The fourth-order valence-electron chi connectivity index (χ4n) is 1.71. The van der Waals surface area contributed by atoms with Gasteiger partial charge in [0.25, 0.3) is 0 Å². The van der Waals surface area contributed by atoms with Gasteiger partial charge in [-0.1, -0.05) is 13.8 Å². The topological polar surface area (TPSA) is 67.2 Å². The van der Waals surface area contributed by atoms with Crippen LogP contribution in [-0.2, 0) is 4.79 Å². The van der Waals surface area contributed by atoms with Crippen molar-refractivity contribution in [1.82, 2.24) is 10.6 Å². The van der Waals surface area contributed by atoms with Gasteiger partial charge in [0, 0.05) is 24.0 Å². The fraction of sp³-hybridized carbons (Fsp3) is 0.889. The van der Waals surface area contributed by atoms with Crippen molar-refractivity contribution in [3.8, 4) is 0 Å². The minimum atomic E-state index is -0.0275. The first-order valence-corrected chi connectivity index (χ1v) is 4.80. The summed E-state index contributed by atoms with van der Waals surface area (Å²) in [6.45, 7) is 5.11. The summed E-state index contributed by atoms with van der Waals surface area (Å²) in [5.41, 5.74) is 5.71. The van der Waals surface area contributed by atoms with Crippen LogP contribution in [0.1, 0.15) is 20.3 Å². The molecule has 14 heavy (non-hydrogen) atoms. The van der Waals surface area contributed by atoms with Gasteiger partial charge in [0.15, 0.2) is 0 Å². The van der Waals surface area contributed by atoms with Crippen molar-refractivity contribution in [3.05, 3.63) is 0 Å². The van der Waals surface area contributed by atoms with E-state index < -0.39 is 0 Å². The molecule has 3 atom stereocenters. The summed E-state index contributed by atoms with van der Waals surface area (Å²) in [6.07, 6.45) is 0.929. The van der Waals surface area contributed by atoms with E-state index in [9.17, 15) is 4.79 Å². The lowest BCUT2D eigenvalue weighted by Gasteiger charge is -2.44. The lowest BCUT2D eigenvalue weighted by Crippen LogP contribution is -2.66. The maximum absolute atomic E-state index is 11.6. The molecule has 82 valence electrons. The van der Waals surface area contributed by atoms with Gasteiger partial charge in [-0.3, -0.25) is 4.79 Å². The largest absolute Gasteiger partial charge is 0.350 e. The summed E-state index contributed by atoms with van der Waals surface area (Å²) in [4.78, 5) is 11.6. The predicted molar refractivity (Wildman–Crippen MR) is 57.3 cm³/mol. The molecule has 2 rings (SSSR count). The maximum Gasteiger partial charge on any atom is 0.238 e. The number of hydrogen-bond acceptors (Lipinski definition) is 3. The highest BCUT2D eigenvalue weighted by Gasteiger charge is 2.45. The van der Waals surface area contributed by atoms with Crippen LogP contribution in [0.25, 0.3) is 0 Å². The zero-order valence-electron chi connectivity index (χ0n) is 8.54. The van der Waals surface area contributed by atoms with Crippen LogP contribution in [0, 0.1) is 5.41 Å². The van der Waals surface area contributed by atoms with Gasteiger partial charge < -0.3 is 16.4 Å². The van der Waals surface area contributed by atoms with E-state index in [4.69, 9.17) is 5.73 Å². The second-order valence-electron chi connectivity index (χ2n) is 4.82. The predicted octanol–water partition coefficient (Wildman–Crippen LogP) is -0.378. The first-order chi connectivity index (χ1) is 6.00. The van der Waals surface area contributed by atoms with Gasteiger partial charge in [-0.2, -0.15) is 0 Å². The molecule has 0 aromatic rings. The molecule has 1 amide bonds. The normalized spacial score (nSPS) is 37.8. The Morgan fingerprint density at radius 1 is 1.57 bits per heavy atom. The number of carbonyl (C=O) groups excluding carboxylic acids is 1. The van der Waals surface area contributed by atoms with Gasteiger partial charge in [0.05, 0.1) is 6.04 Å². The Balaban J connectivity index is 0.000000980. The summed E-state index contributed by atoms with van der Waals surface area (Å²) >= 11 is 0. The van der Waals surface area contributed by atoms with Gasteiger partial charge in [-0.15, -0.1) is 12.4 Å². The molecule has 0 aromatic carbocycles. The molecular weight excluding hydrogens is 202 g/mol. The SMILES string of the molecule is CC1(C)CNC1C(=O)NC1CC1N.Cl. The molecule has 2 fully saturated rings. The van der Waals surface area contributed by atoms with E-state index in [1.807, 2.05) is 0 Å². The van der Waals surface area contributed by atoms with Crippen LogP contribution < -0.4 is 16.4 Å². The average molecular weight is 220 g/mol. The Hall–Kier alpha value is -0.320. The highest BCUT2D eigenvalue weighted by molar-refractivity contribution is 5.85. The highest BCUT2D eigenvalue weighted by Crippen LogP contribution is 2.29. The number of amides is 1. The molecule has 5 heteroatoms. The minimum Gasteiger partial charge on any atom is -0.350 e. The number of hydrogen-bond donors (Lipinski definition) is 3. The lowest BCUT2D eigenvalue weighted by atomic mass is 9.77. The molecular formula is C9H18ClN3O.